The molecule has 2 saturated heterocycles. The Hall–Kier alpha value is -0.845. The minimum absolute atomic E-state index is 0.315. The van der Waals surface area contributed by atoms with E-state index in [1.807, 2.05) is 6.92 Å². The number of ether oxygens (including phenoxy) is 1. The Bertz CT molecular complexity index is 505. The Morgan fingerprint density at radius 1 is 1.14 bits per heavy atom. The van der Waals surface area contributed by atoms with Crippen LogP contribution in [0.5, 0.6) is 0 Å². The highest BCUT2D eigenvalue weighted by molar-refractivity contribution is 6.62. The molecule has 0 aliphatic carbocycles. The van der Waals surface area contributed by atoms with Crippen molar-refractivity contribution in [2.45, 2.75) is 64.7 Å². The lowest BCUT2D eigenvalue weighted by molar-refractivity contribution is 0.00578. The average molecular weight is 292 g/mol. The molecule has 2 aliphatic heterocycles. The fourth-order valence-corrected chi connectivity index (χ4v) is 2.83. The predicted molar refractivity (Wildman–Crippen MR) is 81.8 cm³/mol. The van der Waals surface area contributed by atoms with Crippen LogP contribution in [0.25, 0.3) is 0 Å². The van der Waals surface area contributed by atoms with Crippen LogP contribution in [0.4, 0.5) is 0 Å². The van der Waals surface area contributed by atoms with Gasteiger partial charge in [-0.1, -0.05) is 0 Å². The van der Waals surface area contributed by atoms with E-state index in [0.717, 1.165) is 37.2 Å². The van der Waals surface area contributed by atoms with Crippen molar-refractivity contribution in [2.24, 2.45) is 0 Å². The van der Waals surface area contributed by atoms with Crippen molar-refractivity contribution in [3.05, 3.63) is 11.9 Å². The number of hydrogen-bond donors (Lipinski definition) is 0. The predicted octanol–water partition coefficient (Wildman–Crippen LogP) is 1.84. The Morgan fingerprint density at radius 2 is 1.71 bits per heavy atom. The highest BCUT2D eigenvalue weighted by Crippen LogP contribution is 2.36. The molecular formula is C15H25BN2O3. The molecule has 0 amide bonds. The molecule has 5 nitrogen and oxygen atoms in total. The van der Waals surface area contributed by atoms with Crippen LogP contribution in [-0.2, 0) is 14.0 Å². The van der Waals surface area contributed by atoms with Gasteiger partial charge in [0.05, 0.1) is 22.9 Å². The lowest BCUT2D eigenvalue weighted by atomic mass is 9.79. The second kappa shape index (κ2) is 5.11. The molecule has 1 aromatic rings. The molecule has 0 aromatic carbocycles. The third-order valence-corrected chi connectivity index (χ3v) is 5.03. The Kier molecular flexibility index (Phi) is 3.67. The number of aromatic nitrogens is 2. The lowest BCUT2D eigenvalue weighted by Gasteiger charge is -2.32. The van der Waals surface area contributed by atoms with Gasteiger partial charge in [0.2, 0.25) is 0 Å². The fraction of sp³-hybridized carbons (Fsp3) is 0.800. The molecule has 1 aromatic heterocycles. The van der Waals surface area contributed by atoms with E-state index in [9.17, 15) is 0 Å². The van der Waals surface area contributed by atoms with Gasteiger partial charge in [-0.25, -0.2) is 0 Å². The first-order chi connectivity index (χ1) is 9.80. The smallest absolute Gasteiger partial charge is 0.399 e. The van der Waals surface area contributed by atoms with E-state index >= 15 is 0 Å². The molecule has 0 saturated carbocycles. The van der Waals surface area contributed by atoms with Gasteiger partial charge in [-0.2, -0.15) is 5.10 Å². The highest BCUT2D eigenvalue weighted by Gasteiger charge is 2.52. The first kappa shape index (κ1) is 15.1. The zero-order valence-corrected chi connectivity index (χ0v) is 13.7. The number of nitrogens with zero attached hydrogens (tertiary/aromatic N) is 2. The SMILES string of the molecule is Cc1nn(C2CCOCC2)cc1B1OC(C)(C)C(C)(C)O1. The minimum Gasteiger partial charge on any atom is -0.399 e. The van der Waals surface area contributed by atoms with Gasteiger partial charge in [-0.3, -0.25) is 4.68 Å². The average Bonchev–Trinajstić information content (AvgIpc) is 2.89. The van der Waals surface area contributed by atoms with Crippen molar-refractivity contribution < 1.29 is 14.0 Å². The van der Waals surface area contributed by atoms with Crippen molar-refractivity contribution in [1.82, 2.24) is 9.78 Å². The third kappa shape index (κ3) is 2.65. The first-order valence-electron chi connectivity index (χ1n) is 7.79. The summed E-state index contributed by atoms with van der Waals surface area (Å²) >= 11 is 0. The zero-order valence-electron chi connectivity index (χ0n) is 13.7. The van der Waals surface area contributed by atoms with Crippen LogP contribution in [0.15, 0.2) is 6.20 Å². The second-order valence-corrected chi connectivity index (χ2v) is 7.08. The van der Waals surface area contributed by atoms with E-state index in [4.69, 9.17) is 14.0 Å². The van der Waals surface area contributed by atoms with Gasteiger partial charge in [0.25, 0.3) is 0 Å². The van der Waals surface area contributed by atoms with Gasteiger partial charge in [0, 0.05) is 24.9 Å². The number of aryl methyl sites for hydroxylation is 1. The van der Waals surface area contributed by atoms with Crippen molar-refractivity contribution in [1.29, 1.82) is 0 Å². The minimum atomic E-state index is -0.330. The first-order valence-corrected chi connectivity index (χ1v) is 7.79. The molecule has 2 fully saturated rings. The number of hydrogen-bond acceptors (Lipinski definition) is 4. The van der Waals surface area contributed by atoms with Crippen LogP contribution in [-0.4, -0.2) is 41.3 Å². The summed E-state index contributed by atoms with van der Waals surface area (Å²) in [5, 5.41) is 4.68. The van der Waals surface area contributed by atoms with Crippen molar-refractivity contribution in [2.75, 3.05) is 13.2 Å². The molecule has 21 heavy (non-hydrogen) atoms. The standard InChI is InChI=1S/C15H25BN2O3/c1-11-13(16-20-14(2,3)15(4,5)21-16)10-18(17-11)12-6-8-19-9-7-12/h10,12H,6-9H2,1-5H3. The van der Waals surface area contributed by atoms with Crippen molar-refractivity contribution in [3.8, 4) is 0 Å². The van der Waals surface area contributed by atoms with Crippen LogP contribution < -0.4 is 5.46 Å². The molecule has 0 spiro atoms. The van der Waals surface area contributed by atoms with Crippen LogP contribution >= 0.6 is 0 Å². The molecule has 116 valence electrons. The van der Waals surface area contributed by atoms with Crippen molar-refractivity contribution in [3.63, 3.8) is 0 Å². The zero-order chi connectivity index (χ0) is 15.3. The summed E-state index contributed by atoms with van der Waals surface area (Å²) in [6, 6.07) is 0.425. The fourth-order valence-electron chi connectivity index (χ4n) is 2.83. The van der Waals surface area contributed by atoms with Gasteiger partial charge < -0.3 is 14.0 Å². The largest absolute Gasteiger partial charge is 0.498 e. The maximum Gasteiger partial charge on any atom is 0.498 e. The molecule has 3 rings (SSSR count). The van der Waals surface area contributed by atoms with Crippen LogP contribution in [0.3, 0.4) is 0 Å². The van der Waals surface area contributed by atoms with E-state index in [0.29, 0.717) is 6.04 Å². The van der Waals surface area contributed by atoms with E-state index < -0.39 is 0 Å². The summed E-state index contributed by atoms with van der Waals surface area (Å²) in [6.07, 6.45) is 4.13. The normalized spacial score (nSPS) is 25.5. The molecule has 0 radical (unpaired) electrons. The maximum absolute atomic E-state index is 6.13. The highest BCUT2D eigenvalue weighted by atomic mass is 16.7. The topological polar surface area (TPSA) is 45.5 Å². The van der Waals surface area contributed by atoms with Crippen LogP contribution in [0.1, 0.15) is 52.3 Å². The molecule has 0 bridgehead atoms. The van der Waals surface area contributed by atoms with Gasteiger partial charge >= 0.3 is 7.12 Å². The molecule has 0 unspecified atom stereocenters. The molecular weight excluding hydrogens is 267 g/mol. The quantitative estimate of drug-likeness (QED) is 0.780. The third-order valence-electron chi connectivity index (χ3n) is 5.03. The van der Waals surface area contributed by atoms with Crippen LogP contribution in [0, 0.1) is 6.92 Å². The summed E-state index contributed by atoms with van der Waals surface area (Å²) in [6.45, 7) is 12.0. The van der Waals surface area contributed by atoms with E-state index in [1.165, 1.54) is 0 Å². The van der Waals surface area contributed by atoms with E-state index in [-0.39, 0.29) is 18.3 Å². The monoisotopic (exact) mass is 292 g/mol. The van der Waals surface area contributed by atoms with E-state index in [2.05, 4.69) is 43.7 Å². The Balaban J connectivity index is 1.82. The second-order valence-electron chi connectivity index (χ2n) is 7.08. The summed E-state index contributed by atoms with van der Waals surface area (Å²) in [5.41, 5.74) is 1.40. The van der Waals surface area contributed by atoms with E-state index in [1.54, 1.807) is 0 Å². The maximum atomic E-state index is 6.13. The van der Waals surface area contributed by atoms with Crippen LogP contribution in [0.2, 0.25) is 0 Å². The van der Waals surface area contributed by atoms with Crippen molar-refractivity contribution >= 4 is 12.6 Å². The molecule has 0 N–H and O–H groups in total. The molecule has 3 heterocycles. The molecule has 2 aliphatic rings. The Morgan fingerprint density at radius 3 is 2.29 bits per heavy atom. The lowest BCUT2D eigenvalue weighted by Crippen LogP contribution is -2.41. The number of rotatable bonds is 2. The Labute approximate surface area is 127 Å². The van der Waals surface area contributed by atoms with Gasteiger partial charge in [0.1, 0.15) is 0 Å². The van der Waals surface area contributed by atoms with Gasteiger partial charge in [0.15, 0.2) is 0 Å². The summed E-state index contributed by atoms with van der Waals surface area (Å²) in [7, 11) is -0.330. The molecule has 0 atom stereocenters. The van der Waals surface area contributed by atoms with Gasteiger partial charge in [-0.15, -0.1) is 0 Å². The summed E-state index contributed by atoms with van der Waals surface area (Å²) < 4.78 is 19.8. The summed E-state index contributed by atoms with van der Waals surface area (Å²) in [4.78, 5) is 0. The molecule has 6 heteroatoms. The summed E-state index contributed by atoms with van der Waals surface area (Å²) in [5.74, 6) is 0. The van der Waals surface area contributed by atoms with Gasteiger partial charge in [-0.05, 0) is 47.5 Å².